The molecule has 0 fully saturated rings. The van der Waals surface area contributed by atoms with Crippen LogP contribution in [-0.2, 0) is 13.0 Å². The lowest BCUT2D eigenvalue weighted by Gasteiger charge is -2.09. The van der Waals surface area contributed by atoms with Crippen molar-refractivity contribution in [1.29, 1.82) is 0 Å². The van der Waals surface area contributed by atoms with E-state index in [4.69, 9.17) is 10.2 Å². The van der Waals surface area contributed by atoms with E-state index in [1.54, 1.807) is 6.20 Å². The number of benzene rings is 2. The molecule has 0 saturated carbocycles. The molecule has 0 aliphatic rings. The maximum atomic E-state index is 12.2. The first-order valence-electron chi connectivity index (χ1n) is 12.0. The quantitative estimate of drug-likeness (QED) is 0.277. The Balaban J connectivity index is 1.50. The zero-order valence-electron chi connectivity index (χ0n) is 20.2. The number of nitrogens with one attached hydrogen (secondary N) is 1. The molecule has 2 aromatic carbocycles. The van der Waals surface area contributed by atoms with Crippen LogP contribution < -0.4 is 11.1 Å². The zero-order valence-corrected chi connectivity index (χ0v) is 20.2. The highest BCUT2D eigenvalue weighted by Gasteiger charge is 2.17. The van der Waals surface area contributed by atoms with E-state index in [1.165, 1.54) is 18.4 Å². The average molecular weight is 475 g/mol. The lowest BCUT2D eigenvalue weighted by molar-refractivity contribution is 0.467. The van der Waals surface area contributed by atoms with Crippen LogP contribution in [0.3, 0.4) is 0 Å². The summed E-state index contributed by atoms with van der Waals surface area (Å²) < 4.78 is 18.1. The molecule has 0 amide bonds. The number of nitrogen functional groups attached to an aromatic ring is 1. The summed E-state index contributed by atoms with van der Waals surface area (Å²) in [6.07, 6.45) is 5.09. The Morgan fingerprint density at radius 3 is 2.37 bits per heavy atom. The number of aryl methyl sites for hydroxylation is 1. The fraction of sp³-hybridized carbons (Fsp3) is 0.333. The molecule has 4 aromatic rings. The number of hydrogen-bond donors (Lipinski definition) is 2. The number of alkyl halides is 1. The first-order valence-corrected chi connectivity index (χ1v) is 12.0. The standard InChI is InChI=1S/C27H31FN6O/c1-3-18(2)4-5-19-6-10-21(11-7-19)23-17-31-25(29)24(32-23)27-34-33-26(35-27)22-12-8-20(9-13-22)16-30-15-14-28/h6-13,17-18,30H,3-5,14-16H2,1-2H3,(H2,29,31). The number of nitrogens with zero attached hydrogens (tertiary/aromatic N) is 4. The van der Waals surface area contributed by atoms with Gasteiger partial charge in [-0.2, -0.15) is 0 Å². The molecule has 2 heterocycles. The van der Waals surface area contributed by atoms with E-state index in [2.05, 4.69) is 63.6 Å². The van der Waals surface area contributed by atoms with Crippen LogP contribution >= 0.6 is 0 Å². The molecule has 3 N–H and O–H groups in total. The van der Waals surface area contributed by atoms with E-state index < -0.39 is 0 Å². The third kappa shape index (κ3) is 6.27. The maximum Gasteiger partial charge on any atom is 0.270 e. The molecule has 0 bridgehead atoms. The average Bonchev–Trinajstić information content (AvgIpc) is 3.38. The second kappa shape index (κ2) is 11.7. The van der Waals surface area contributed by atoms with Crippen molar-refractivity contribution in [2.45, 2.75) is 39.7 Å². The summed E-state index contributed by atoms with van der Waals surface area (Å²) in [6, 6.07) is 16.0. The Morgan fingerprint density at radius 1 is 0.971 bits per heavy atom. The van der Waals surface area contributed by atoms with Gasteiger partial charge in [-0.15, -0.1) is 10.2 Å². The Hall–Kier alpha value is -3.65. The molecule has 2 aromatic heterocycles. The molecule has 0 aliphatic heterocycles. The van der Waals surface area contributed by atoms with Crippen LogP contribution in [0.2, 0.25) is 0 Å². The Labute approximate surface area is 205 Å². The van der Waals surface area contributed by atoms with Crippen molar-refractivity contribution < 1.29 is 8.81 Å². The Bertz CT molecular complexity index is 1220. The van der Waals surface area contributed by atoms with Crippen molar-refractivity contribution in [3.05, 3.63) is 65.9 Å². The first kappa shape index (κ1) is 24.5. The van der Waals surface area contributed by atoms with E-state index in [0.717, 1.165) is 29.0 Å². The molecule has 8 heteroatoms. The van der Waals surface area contributed by atoms with Gasteiger partial charge >= 0.3 is 0 Å². The molecule has 1 atom stereocenters. The third-order valence-electron chi connectivity index (χ3n) is 6.10. The predicted octanol–water partition coefficient (Wildman–Crippen LogP) is 5.48. The van der Waals surface area contributed by atoms with Gasteiger partial charge in [-0.05, 0) is 42.0 Å². The smallest absolute Gasteiger partial charge is 0.270 e. The van der Waals surface area contributed by atoms with E-state index in [1.807, 2.05) is 24.3 Å². The van der Waals surface area contributed by atoms with Gasteiger partial charge in [-0.25, -0.2) is 14.4 Å². The number of anilines is 1. The minimum Gasteiger partial charge on any atom is -0.414 e. The predicted molar refractivity (Wildman–Crippen MR) is 136 cm³/mol. The maximum absolute atomic E-state index is 12.2. The van der Waals surface area contributed by atoms with Crippen molar-refractivity contribution in [2.75, 3.05) is 19.0 Å². The molecule has 182 valence electrons. The van der Waals surface area contributed by atoms with Gasteiger partial charge in [0.1, 0.15) is 6.67 Å². The van der Waals surface area contributed by atoms with Crippen LogP contribution in [0.5, 0.6) is 0 Å². The van der Waals surface area contributed by atoms with Gasteiger partial charge in [0.15, 0.2) is 11.5 Å². The fourth-order valence-corrected chi connectivity index (χ4v) is 3.65. The fourth-order valence-electron chi connectivity index (χ4n) is 3.65. The summed E-state index contributed by atoms with van der Waals surface area (Å²) in [6.45, 7) is 5.05. The zero-order chi connectivity index (χ0) is 24.6. The van der Waals surface area contributed by atoms with Crippen LogP contribution in [0.15, 0.2) is 59.1 Å². The Morgan fingerprint density at radius 2 is 1.66 bits per heavy atom. The van der Waals surface area contributed by atoms with E-state index in [9.17, 15) is 4.39 Å². The lowest BCUT2D eigenvalue weighted by atomic mass is 9.98. The summed E-state index contributed by atoms with van der Waals surface area (Å²) in [5.41, 5.74) is 11.2. The minimum atomic E-state index is -0.389. The van der Waals surface area contributed by atoms with Crippen molar-refractivity contribution in [3.8, 4) is 34.3 Å². The number of rotatable bonds is 11. The molecular formula is C27H31FN6O. The lowest BCUT2D eigenvalue weighted by Crippen LogP contribution is -2.15. The second-order valence-corrected chi connectivity index (χ2v) is 8.71. The summed E-state index contributed by atoms with van der Waals surface area (Å²) in [4.78, 5) is 8.98. The molecule has 4 rings (SSSR count). The summed E-state index contributed by atoms with van der Waals surface area (Å²) in [5, 5.41) is 11.3. The van der Waals surface area contributed by atoms with Crippen LogP contribution in [0, 0.1) is 5.92 Å². The molecule has 0 spiro atoms. The van der Waals surface area contributed by atoms with Gasteiger partial charge in [-0.1, -0.05) is 56.7 Å². The highest BCUT2D eigenvalue weighted by Crippen LogP contribution is 2.28. The number of hydrogen-bond acceptors (Lipinski definition) is 7. The number of nitrogens with two attached hydrogens (primary N) is 1. The highest BCUT2D eigenvalue weighted by molar-refractivity contribution is 5.68. The highest BCUT2D eigenvalue weighted by atomic mass is 19.1. The summed E-state index contributed by atoms with van der Waals surface area (Å²) in [5.74, 6) is 1.52. The summed E-state index contributed by atoms with van der Waals surface area (Å²) in [7, 11) is 0. The van der Waals surface area contributed by atoms with Crippen molar-refractivity contribution >= 4 is 5.82 Å². The number of aromatic nitrogens is 4. The molecule has 1 unspecified atom stereocenters. The van der Waals surface area contributed by atoms with Gasteiger partial charge in [0.25, 0.3) is 5.89 Å². The SMILES string of the molecule is CCC(C)CCc1ccc(-c2cnc(N)c(-c3nnc(-c4ccc(CNCCF)cc4)o3)n2)cc1. The molecule has 0 aliphatic carbocycles. The van der Waals surface area contributed by atoms with Crippen LogP contribution in [0.1, 0.15) is 37.8 Å². The van der Waals surface area contributed by atoms with Gasteiger partial charge in [0, 0.05) is 24.2 Å². The van der Waals surface area contributed by atoms with Crippen LogP contribution in [-0.4, -0.2) is 33.4 Å². The third-order valence-corrected chi connectivity index (χ3v) is 6.10. The van der Waals surface area contributed by atoms with E-state index in [0.29, 0.717) is 30.4 Å². The summed E-state index contributed by atoms with van der Waals surface area (Å²) >= 11 is 0. The van der Waals surface area contributed by atoms with E-state index in [-0.39, 0.29) is 18.4 Å². The molecule has 0 radical (unpaired) electrons. The Kier molecular flexibility index (Phi) is 8.15. The normalized spacial score (nSPS) is 12.1. The molecular weight excluding hydrogens is 443 g/mol. The van der Waals surface area contributed by atoms with Crippen molar-refractivity contribution in [3.63, 3.8) is 0 Å². The van der Waals surface area contributed by atoms with Gasteiger partial charge in [-0.3, -0.25) is 0 Å². The van der Waals surface area contributed by atoms with Crippen molar-refractivity contribution in [1.82, 2.24) is 25.5 Å². The van der Waals surface area contributed by atoms with Crippen molar-refractivity contribution in [2.24, 2.45) is 5.92 Å². The molecule has 7 nitrogen and oxygen atoms in total. The van der Waals surface area contributed by atoms with Gasteiger partial charge < -0.3 is 15.5 Å². The van der Waals surface area contributed by atoms with Crippen LogP contribution in [0.25, 0.3) is 34.3 Å². The number of halogens is 1. The van der Waals surface area contributed by atoms with Gasteiger partial charge in [0.2, 0.25) is 5.89 Å². The largest absolute Gasteiger partial charge is 0.414 e. The van der Waals surface area contributed by atoms with Crippen LogP contribution in [0.4, 0.5) is 10.2 Å². The molecule has 35 heavy (non-hydrogen) atoms. The molecule has 0 saturated heterocycles. The van der Waals surface area contributed by atoms with E-state index >= 15 is 0 Å². The topological polar surface area (TPSA) is 103 Å². The minimum absolute atomic E-state index is 0.214. The monoisotopic (exact) mass is 474 g/mol. The second-order valence-electron chi connectivity index (χ2n) is 8.71. The van der Waals surface area contributed by atoms with Gasteiger partial charge in [0.05, 0.1) is 11.9 Å². The first-order chi connectivity index (χ1) is 17.1.